The minimum atomic E-state index is -0.628. The Morgan fingerprint density at radius 3 is 2.29 bits per heavy atom. The van der Waals surface area contributed by atoms with Crippen LogP contribution in [0, 0.1) is 0 Å². The standard InChI is InChI=1S/C25H30F2N2O2/c1-18(21-12-19(14-26)11-20(13-21)15-27)31-17-25(22-5-3-2-4-6-22)10-9-24(16-28-25)8-7-23(30)29-24/h2-6,11-13,18,28H,7-10,14-17H2,1H3,(H,29,30)/t18-,24-,25-/m1/s1. The Labute approximate surface area is 182 Å². The predicted molar refractivity (Wildman–Crippen MR) is 116 cm³/mol. The molecule has 0 bridgehead atoms. The third kappa shape index (κ3) is 4.65. The minimum Gasteiger partial charge on any atom is -0.372 e. The van der Waals surface area contributed by atoms with E-state index >= 15 is 0 Å². The van der Waals surface area contributed by atoms with E-state index in [9.17, 15) is 13.6 Å². The third-order valence-corrected chi connectivity index (χ3v) is 6.79. The van der Waals surface area contributed by atoms with Crippen molar-refractivity contribution in [1.82, 2.24) is 10.6 Å². The molecule has 166 valence electrons. The van der Waals surface area contributed by atoms with Gasteiger partial charge in [-0.15, -0.1) is 0 Å². The van der Waals surface area contributed by atoms with Crippen LogP contribution >= 0.6 is 0 Å². The molecule has 4 rings (SSSR count). The summed E-state index contributed by atoms with van der Waals surface area (Å²) in [5.41, 5.74) is 2.30. The number of benzene rings is 2. The summed E-state index contributed by atoms with van der Waals surface area (Å²) in [5.74, 6) is 0.121. The number of nitrogens with one attached hydrogen (secondary N) is 2. The molecule has 2 aromatic carbocycles. The minimum absolute atomic E-state index is 0.121. The Morgan fingerprint density at radius 1 is 1.03 bits per heavy atom. The van der Waals surface area contributed by atoms with Crippen molar-refractivity contribution in [3.05, 3.63) is 70.8 Å². The van der Waals surface area contributed by atoms with E-state index in [-0.39, 0.29) is 23.1 Å². The number of hydrogen-bond donors (Lipinski definition) is 2. The highest BCUT2D eigenvalue weighted by atomic mass is 19.1. The van der Waals surface area contributed by atoms with Crippen molar-refractivity contribution < 1.29 is 18.3 Å². The summed E-state index contributed by atoms with van der Waals surface area (Å²) in [4.78, 5) is 11.8. The Bertz CT molecular complexity index is 889. The van der Waals surface area contributed by atoms with Crippen LogP contribution in [0.15, 0.2) is 48.5 Å². The van der Waals surface area contributed by atoms with E-state index in [4.69, 9.17) is 4.74 Å². The fraction of sp³-hybridized carbons (Fsp3) is 0.480. The smallest absolute Gasteiger partial charge is 0.220 e. The van der Waals surface area contributed by atoms with Crippen LogP contribution in [-0.4, -0.2) is 24.6 Å². The molecule has 0 aromatic heterocycles. The normalized spacial score (nSPS) is 26.7. The summed E-state index contributed by atoms with van der Waals surface area (Å²) < 4.78 is 32.7. The van der Waals surface area contributed by atoms with E-state index < -0.39 is 13.3 Å². The number of halogens is 2. The average molecular weight is 429 g/mol. The van der Waals surface area contributed by atoms with E-state index in [1.807, 2.05) is 25.1 Å². The van der Waals surface area contributed by atoms with Gasteiger partial charge in [-0.1, -0.05) is 48.5 Å². The van der Waals surface area contributed by atoms with Crippen molar-refractivity contribution in [1.29, 1.82) is 0 Å². The molecule has 1 spiro atoms. The average Bonchev–Trinajstić information content (AvgIpc) is 3.19. The van der Waals surface area contributed by atoms with Crippen molar-refractivity contribution in [3.63, 3.8) is 0 Å². The van der Waals surface area contributed by atoms with Crippen molar-refractivity contribution in [3.8, 4) is 0 Å². The molecule has 2 aromatic rings. The lowest BCUT2D eigenvalue weighted by molar-refractivity contribution is -0.120. The van der Waals surface area contributed by atoms with Crippen LogP contribution in [-0.2, 0) is 28.4 Å². The van der Waals surface area contributed by atoms with Crippen molar-refractivity contribution >= 4 is 5.91 Å². The summed E-state index contributed by atoms with van der Waals surface area (Å²) in [6.07, 6.45) is 2.82. The molecule has 0 unspecified atom stereocenters. The highest BCUT2D eigenvalue weighted by molar-refractivity contribution is 5.79. The van der Waals surface area contributed by atoms with Crippen LogP contribution in [0.3, 0.4) is 0 Å². The Hall–Kier alpha value is -2.31. The molecule has 2 heterocycles. The van der Waals surface area contributed by atoms with Crippen molar-refractivity contribution in [2.45, 2.75) is 63.1 Å². The van der Waals surface area contributed by atoms with Crippen LogP contribution in [0.25, 0.3) is 0 Å². The van der Waals surface area contributed by atoms with Gasteiger partial charge in [-0.2, -0.15) is 0 Å². The fourth-order valence-electron chi connectivity index (χ4n) is 4.82. The molecule has 4 nitrogen and oxygen atoms in total. The van der Waals surface area contributed by atoms with E-state index in [0.29, 0.717) is 30.7 Å². The maximum Gasteiger partial charge on any atom is 0.220 e. The number of alkyl halides is 2. The van der Waals surface area contributed by atoms with Gasteiger partial charge in [-0.25, -0.2) is 8.78 Å². The highest BCUT2D eigenvalue weighted by Gasteiger charge is 2.46. The lowest BCUT2D eigenvalue weighted by Gasteiger charge is -2.46. The third-order valence-electron chi connectivity index (χ3n) is 6.79. The molecule has 6 heteroatoms. The van der Waals surface area contributed by atoms with Gasteiger partial charge in [0.15, 0.2) is 0 Å². The van der Waals surface area contributed by atoms with Crippen molar-refractivity contribution in [2.24, 2.45) is 0 Å². The van der Waals surface area contributed by atoms with Crippen LogP contribution in [0.1, 0.15) is 61.0 Å². The van der Waals surface area contributed by atoms with Crippen LogP contribution < -0.4 is 10.6 Å². The second-order valence-corrected chi connectivity index (χ2v) is 8.93. The monoisotopic (exact) mass is 428 g/mol. The van der Waals surface area contributed by atoms with Gasteiger partial charge < -0.3 is 15.4 Å². The number of carbonyl (C=O) groups is 1. The first kappa shape index (κ1) is 21.9. The zero-order valence-electron chi connectivity index (χ0n) is 17.9. The molecule has 0 aliphatic carbocycles. The molecule has 2 N–H and O–H groups in total. The van der Waals surface area contributed by atoms with E-state index in [1.165, 1.54) is 0 Å². The largest absolute Gasteiger partial charge is 0.372 e. The summed E-state index contributed by atoms with van der Waals surface area (Å²) in [6.45, 7) is 1.77. The molecule has 1 amide bonds. The van der Waals surface area contributed by atoms with Gasteiger partial charge in [-0.3, -0.25) is 4.79 Å². The van der Waals surface area contributed by atoms with Gasteiger partial charge in [0, 0.05) is 13.0 Å². The fourth-order valence-corrected chi connectivity index (χ4v) is 4.82. The molecule has 0 saturated carbocycles. The maximum absolute atomic E-state index is 13.2. The number of carbonyl (C=O) groups excluding carboxylic acids is 1. The van der Waals surface area contributed by atoms with Crippen molar-refractivity contribution in [2.75, 3.05) is 13.2 Å². The van der Waals surface area contributed by atoms with E-state index in [2.05, 4.69) is 22.8 Å². The van der Waals surface area contributed by atoms with Crippen LogP contribution in [0.2, 0.25) is 0 Å². The topological polar surface area (TPSA) is 50.4 Å². The number of rotatable bonds is 7. The summed E-state index contributed by atoms with van der Waals surface area (Å²) >= 11 is 0. The number of hydrogen-bond acceptors (Lipinski definition) is 3. The van der Waals surface area contributed by atoms with Gasteiger partial charge >= 0.3 is 0 Å². The SMILES string of the molecule is C[C@@H](OC[C@@]1(c2ccccc2)CC[C@]2(CCC(=O)N2)CN1)c1cc(CF)cc(CF)c1. The Morgan fingerprint density at radius 2 is 1.74 bits per heavy atom. The number of piperidine rings is 1. The summed E-state index contributed by atoms with van der Waals surface area (Å²) in [6, 6.07) is 15.3. The van der Waals surface area contributed by atoms with Gasteiger partial charge in [0.2, 0.25) is 5.91 Å². The lowest BCUT2D eigenvalue weighted by atomic mass is 9.76. The predicted octanol–water partition coefficient (Wildman–Crippen LogP) is 4.63. The first-order chi connectivity index (χ1) is 15.0. The van der Waals surface area contributed by atoms with Gasteiger partial charge in [-0.05, 0) is 48.4 Å². The second kappa shape index (κ2) is 9.05. The highest BCUT2D eigenvalue weighted by Crippen LogP contribution is 2.39. The first-order valence-corrected chi connectivity index (χ1v) is 11.0. The van der Waals surface area contributed by atoms with Gasteiger partial charge in [0.25, 0.3) is 0 Å². The molecular formula is C25H30F2N2O2. The molecule has 0 radical (unpaired) electrons. The zero-order chi connectivity index (χ0) is 21.9. The Kier molecular flexibility index (Phi) is 6.39. The second-order valence-electron chi connectivity index (χ2n) is 8.93. The van der Waals surface area contributed by atoms with E-state index in [0.717, 1.165) is 30.4 Å². The van der Waals surface area contributed by atoms with Crippen LogP contribution in [0.4, 0.5) is 8.78 Å². The molecule has 2 aliphatic rings. The zero-order valence-corrected chi connectivity index (χ0v) is 17.9. The van der Waals surface area contributed by atoms with E-state index in [1.54, 1.807) is 18.2 Å². The number of amides is 1. The van der Waals surface area contributed by atoms with Gasteiger partial charge in [0.05, 0.1) is 23.8 Å². The van der Waals surface area contributed by atoms with Gasteiger partial charge in [0.1, 0.15) is 13.3 Å². The Balaban J connectivity index is 1.52. The summed E-state index contributed by atoms with van der Waals surface area (Å²) in [5, 5.41) is 6.86. The molecule has 3 atom stereocenters. The lowest BCUT2D eigenvalue weighted by Crippen LogP contribution is -2.61. The maximum atomic E-state index is 13.2. The molecule has 2 saturated heterocycles. The molecule has 2 fully saturated rings. The quantitative estimate of drug-likeness (QED) is 0.676. The molecule has 31 heavy (non-hydrogen) atoms. The summed E-state index contributed by atoms with van der Waals surface area (Å²) in [7, 11) is 0. The first-order valence-electron chi connectivity index (χ1n) is 11.0. The van der Waals surface area contributed by atoms with Crippen LogP contribution in [0.5, 0.6) is 0 Å². The molecular weight excluding hydrogens is 398 g/mol. The molecule has 2 aliphatic heterocycles. The number of ether oxygens (including phenoxy) is 1.